The van der Waals surface area contributed by atoms with Gasteiger partial charge in [0, 0.05) is 17.6 Å². The Kier molecular flexibility index (Phi) is 9.93. The van der Waals surface area contributed by atoms with Crippen LogP contribution in [0.3, 0.4) is 0 Å². The van der Waals surface area contributed by atoms with Gasteiger partial charge in [-0.15, -0.1) is 0 Å². The highest BCUT2D eigenvalue weighted by Crippen LogP contribution is 2.26. The lowest BCUT2D eigenvalue weighted by atomic mass is 10.1. The number of halogens is 1. The number of aryl methyl sites for hydroxylation is 1. The molecule has 202 valence electrons. The Morgan fingerprint density at radius 3 is 2.29 bits per heavy atom. The number of carbonyl (C=O) groups excluding carboxylic acids is 2. The van der Waals surface area contributed by atoms with E-state index in [0.717, 1.165) is 19.9 Å². The van der Waals surface area contributed by atoms with E-state index in [4.69, 9.17) is 4.74 Å². The standard InChI is InChI=1S/C28H32BrN3O5S/c1-5-30-28(34)21(3)31(18-22-7-6-8-25(17-22)37-4)27(33)19-32(24-13-11-23(29)12-14-24)38(35,36)26-15-9-20(2)10-16-26/h6-17,21H,5,18-19H2,1-4H3,(H,30,34)/t21-/m0/s1. The normalized spacial score (nSPS) is 11.9. The number of hydrogen-bond donors (Lipinski definition) is 1. The van der Waals surface area contributed by atoms with Crippen molar-refractivity contribution in [3.05, 3.63) is 88.4 Å². The zero-order valence-electron chi connectivity index (χ0n) is 21.8. The van der Waals surface area contributed by atoms with Gasteiger partial charge >= 0.3 is 0 Å². The van der Waals surface area contributed by atoms with Crippen molar-refractivity contribution in [1.29, 1.82) is 0 Å². The second kappa shape index (κ2) is 12.9. The van der Waals surface area contributed by atoms with Gasteiger partial charge in [0.2, 0.25) is 11.8 Å². The average Bonchev–Trinajstić information content (AvgIpc) is 2.91. The summed E-state index contributed by atoms with van der Waals surface area (Å²) < 4.78 is 34.7. The number of hydrogen-bond acceptors (Lipinski definition) is 5. The molecule has 0 aliphatic rings. The zero-order valence-corrected chi connectivity index (χ0v) is 24.3. The van der Waals surface area contributed by atoms with Gasteiger partial charge < -0.3 is 15.0 Å². The zero-order chi connectivity index (χ0) is 27.9. The van der Waals surface area contributed by atoms with Crippen LogP contribution in [0, 0.1) is 6.92 Å². The fraction of sp³-hybridized carbons (Fsp3) is 0.286. The fourth-order valence-electron chi connectivity index (χ4n) is 3.85. The van der Waals surface area contributed by atoms with Gasteiger partial charge in [-0.25, -0.2) is 8.42 Å². The van der Waals surface area contributed by atoms with Crippen molar-refractivity contribution in [1.82, 2.24) is 10.2 Å². The van der Waals surface area contributed by atoms with Gasteiger partial charge in [-0.05, 0) is 74.9 Å². The molecule has 0 radical (unpaired) electrons. The molecule has 1 N–H and O–H groups in total. The number of benzene rings is 3. The number of anilines is 1. The summed E-state index contributed by atoms with van der Waals surface area (Å²) in [5.74, 6) is -0.246. The van der Waals surface area contributed by atoms with Crippen molar-refractivity contribution < 1.29 is 22.7 Å². The van der Waals surface area contributed by atoms with Gasteiger partial charge in [-0.3, -0.25) is 13.9 Å². The highest BCUT2D eigenvalue weighted by Gasteiger charge is 2.32. The largest absolute Gasteiger partial charge is 0.497 e. The summed E-state index contributed by atoms with van der Waals surface area (Å²) >= 11 is 3.37. The van der Waals surface area contributed by atoms with E-state index in [1.165, 1.54) is 17.0 Å². The molecule has 0 saturated heterocycles. The summed E-state index contributed by atoms with van der Waals surface area (Å²) in [6.07, 6.45) is 0. The van der Waals surface area contributed by atoms with E-state index in [-0.39, 0.29) is 17.3 Å². The monoisotopic (exact) mass is 601 g/mol. The summed E-state index contributed by atoms with van der Waals surface area (Å²) in [6, 6.07) is 19.5. The molecule has 8 nitrogen and oxygen atoms in total. The van der Waals surface area contributed by atoms with Crippen LogP contribution in [0.2, 0.25) is 0 Å². The minimum Gasteiger partial charge on any atom is -0.497 e. The molecule has 0 aromatic heterocycles. The molecule has 10 heteroatoms. The number of nitrogens with one attached hydrogen (secondary N) is 1. The Morgan fingerprint density at radius 1 is 1.03 bits per heavy atom. The second-order valence-electron chi connectivity index (χ2n) is 8.74. The highest BCUT2D eigenvalue weighted by atomic mass is 79.9. The van der Waals surface area contributed by atoms with Crippen LogP contribution in [0.15, 0.2) is 82.2 Å². The first kappa shape index (κ1) is 29.2. The number of carbonyl (C=O) groups is 2. The second-order valence-corrected chi connectivity index (χ2v) is 11.5. The first-order chi connectivity index (χ1) is 18.1. The summed E-state index contributed by atoms with van der Waals surface area (Å²) in [6.45, 7) is 5.28. The maximum absolute atomic E-state index is 13.8. The van der Waals surface area contributed by atoms with Crippen molar-refractivity contribution in [2.75, 3.05) is 24.5 Å². The molecular formula is C28H32BrN3O5S. The van der Waals surface area contributed by atoms with E-state index in [2.05, 4.69) is 21.2 Å². The number of likely N-dealkylation sites (N-methyl/N-ethyl adjacent to an activating group) is 1. The summed E-state index contributed by atoms with van der Waals surface area (Å²) in [4.78, 5) is 28.1. The molecule has 1 atom stereocenters. The molecule has 2 amide bonds. The first-order valence-corrected chi connectivity index (χ1v) is 14.3. The van der Waals surface area contributed by atoms with E-state index >= 15 is 0 Å². The maximum atomic E-state index is 13.8. The molecular weight excluding hydrogens is 570 g/mol. The number of nitrogens with zero attached hydrogens (tertiary/aromatic N) is 2. The van der Waals surface area contributed by atoms with E-state index in [1.807, 2.05) is 13.0 Å². The highest BCUT2D eigenvalue weighted by molar-refractivity contribution is 9.10. The van der Waals surface area contributed by atoms with Crippen LogP contribution in [-0.4, -0.2) is 51.4 Å². The van der Waals surface area contributed by atoms with E-state index in [0.29, 0.717) is 18.0 Å². The van der Waals surface area contributed by atoms with Crippen molar-refractivity contribution in [2.24, 2.45) is 0 Å². The lowest BCUT2D eigenvalue weighted by Gasteiger charge is -2.32. The third-order valence-electron chi connectivity index (χ3n) is 6.01. The minimum absolute atomic E-state index is 0.0648. The van der Waals surface area contributed by atoms with Crippen LogP contribution >= 0.6 is 15.9 Å². The number of rotatable bonds is 11. The summed E-state index contributed by atoms with van der Waals surface area (Å²) in [5, 5.41) is 2.75. The van der Waals surface area contributed by atoms with Gasteiger partial charge in [0.15, 0.2) is 0 Å². The van der Waals surface area contributed by atoms with E-state index in [9.17, 15) is 18.0 Å². The van der Waals surface area contributed by atoms with Crippen LogP contribution < -0.4 is 14.4 Å². The first-order valence-electron chi connectivity index (χ1n) is 12.1. The van der Waals surface area contributed by atoms with Crippen molar-refractivity contribution in [3.63, 3.8) is 0 Å². The predicted molar refractivity (Wildman–Crippen MR) is 152 cm³/mol. The minimum atomic E-state index is -4.10. The SMILES string of the molecule is CCNC(=O)[C@H](C)N(Cc1cccc(OC)c1)C(=O)CN(c1ccc(Br)cc1)S(=O)(=O)c1ccc(C)cc1. The van der Waals surface area contributed by atoms with Crippen molar-refractivity contribution in [2.45, 2.75) is 38.3 Å². The fourth-order valence-corrected chi connectivity index (χ4v) is 5.52. The quantitative estimate of drug-likeness (QED) is 0.349. The number of amides is 2. The Bertz CT molecular complexity index is 1360. The molecule has 0 fully saturated rings. The average molecular weight is 603 g/mol. The molecule has 0 saturated carbocycles. The number of ether oxygens (including phenoxy) is 1. The molecule has 0 bridgehead atoms. The molecule has 3 rings (SSSR count). The maximum Gasteiger partial charge on any atom is 0.264 e. The summed E-state index contributed by atoms with van der Waals surface area (Å²) in [7, 11) is -2.56. The molecule has 3 aromatic carbocycles. The summed E-state index contributed by atoms with van der Waals surface area (Å²) in [5.41, 5.74) is 1.98. The molecule has 0 heterocycles. The molecule has 38 heavy (non-hydrogen) atoms. The Balaban J connectivity index is 2.02. The molecule has 0 aliphatic heterocycles. The van der Waals surface area contributed by atoms with Crippen molar-refractivity contribution >= 4 is 43.5 Å². The van der Waals surface area contributed by atoms with Gasteiger partial charge in [0.05, 0.1) is 17.7 Å². The third kappa shape index (κ3) is 7.14. The lowest BCUT2D eigenvalue weighted by molar-refractivity contribution is -0.139. The number of methoxy groups -OCH3 is 1. The van der Waals surface area contributed by atoms with Crippen LogP contribution in [-0.2, 0) is 26.2 Å². The van der Waals surface area contributed by atoms with Crippen LogP contribution in [0.1, 0.15) is 25.0 Å². The van der Waals surface area contributed by atoms with Gasteiger partial charge in [-0.1, -0.05) is 45.8 Å². The smallest absolute Gasteiger partial charge is 0.264 e. The lowest BCUT2D eigenvalue weighted by Crippen LogP contribution is -2.51. The molecule has 0 spiro atoms. The van der Waals surface area contributed by atoms with E-state index < -0.39 is 28.5 Å². The topological polar surface area (TPSA) is 96.0 Å². The number of sulfonamides is 1. The Hall–Kier alpha value is -3.37. The molecule has 0 unspecified atom stereocenters. The Morgan fingerprint density at radius 2 is 1.68 bits per heavy atom. The van der Waals surface area contributed by atoms with Gasteiger partial charge in [0.1, 0.15) is 18.3 Å². The van der Waals surface area contributed by atoms with Gasteiger partial charge in [0.25, 0.3) is 10.0 Å². The third-order valence-corrected chi connectivity index (χ3v) is 8.32. The predicted octanol–water partition coefficient (Wildman–Crippen LogP) is 4.51. The van der Waals surface area contributed by atoms with Crippen molar-refractivity contribution in [3.8, 4) is 5.75 Å². The van der Waals surface area contributed by atoms with Crippen LogP contribution in [0.4, 0.5) is 5.69 Å². The van der Waals surface area contributed by atoms with Crippen LogP contribution in [0.25, 0.3) is 0 Å². The molecule has 0 aliphatic carbocycles. The van der Waals surface area contributed by atoms with E-state index in [1.54, 1.807) is 75.6 Å². The van der Waals surface area contributed by atoms with Gasteiger partial charge in [-0.2, -0.15) is 0 Å². The molecule has 3 aromatic rings. The Labute approximate surface area is 232 Å². The van der Waals surface area contributed by atoms with Crippen LogP contribution in [0.5, 0.6) is 5.75 Å².